The molecule has 0 heterocycles. The molecule has 0 aliphatic carbocycles. The first-order valence-electron chi connectivity index (χ1n) is 4.55. The zero-order chi connectivity index (χ0) is 11.4. The van der Waals surface area contributed by atoms with E-state index in [-0.39, 0.29) is 12.4 Å². The van der Waals surface area contributed by atoms with Gasteiger partial charge in [0.1, 0.15) is 5.75 Å². The lowest BCUT2D eigenvalue weighted by Gasteiger charge is -2.11. The number of aliphatic hydroxyl groups is 1. The van der Waals surface area contributed by atoms with Gasteiger partial charge >= 0.3 is 0 Å². The molecule has 1 aromatic carbocycles. The minimum atomic E-state index is -0.590. The lowest BCUT2D eigenvalue weighted by Crippen LogP contribution is -2.01. The summed E-state index contributed by atoms with van der Waals surface area (Å²) in [5, 5.41) is 22.1. The van der Waals surface area contributed by atoms with E-state index in [0.717, 1.165) is 0 Å². The maximum atomic E-state index is 9.55. The summed E-state index contributed by atoms with van der Waals surface area (Å²) in [7, 11) is 0. The SMILES string of the molecule is Cc1cc(C(CO)N=[N+]=[N-])cc(C)c1O. The number of phenolic OH excluding ortho intramolecular Hbond substituents is 1. The Morgan fingerprint density at radius 1 is 1.40 bits per heavy atom. The van der Waals surface area contributed by atoms with Crippen molar-refractivity contribution in [2.75, 3.05) is 6.61 Å². The summed E-state index contributed by atoms with van der Waals surface area (Å²) in [5.41, 5.74) is 10.4. The van der Waals surface area contributed by atoms with Crippen LogP contribution >= 0.6 is 0 Å². The van der Waals surface area contributed by atoms with Crippen LogP contribution < -0.4 is 0 Å². The first-order chi connectivity index (χ1) is 7.10. The summed E-state index contributed by atoms with van der Waals surface area (Å²) in [6, 6.07) is 2.82. The molecular formula is C10H13N3O2. The van der Waals surface area contributed by atoms with Crippen LogP contribution in [0.3, 0.4) is 0 Å². The molecule has 0 bridgehead atoms. The van der Waals surface area contributed by atoms with Crippen LogP contribution in [0, 0.1) is 13.8 Å². The number of hydrogen-bond acceptors (Lipinski definition) is 3. The maximum Gasteiger partial charge on any atom is 0.121 e. The quantitative estimate of drug-likeness (QED) is 0.452. The molecule has 0 amide bonds. The third kappa shape index (κ3) is 2.40. The van der Waals surface area contributed by atoms with Crippen LogP contribution in [0.1, 0.15) is 22.7 Å². The highest BCUT2D eigenvalue weighted by Crippen LogP contribution is 2.27. The van der Waals surface area contributed by atoms with Crippen molar-refractivity contribution in [3.05, 3.63) is 39.3 Å². The number of benzene rings is 1. The molecule has 1 rings (SSSR count). The van der Waals surface area contributed by atoms with Crippen LogP contribution in [0.15, 0.2) is 17.2 Å². The number of rotatable bonds is 3. The molecule has 0 aliphatic rings. The molecule has 5 nitrogen and oxygen atoms in total. The second kappa shape index (κ2) is 4.68. The molecule has 1 atom stereocenters. The largest absolute Gasteiger partial charge is 0.507 e. The minimum absolute atomic E-state index is 0.233. The summed E-state index contributed by atoms with van der Waals surface area (Å²) in [4.78, 5) is 2.67. The molecule has 1 aromatic rings. The van der Waals surface area contributed by atoms with Gasteiger partial charge in [0.2, 0.25) is 0 Å². The summed E-state index contributed by atoms with van der Waals surface area (Å²) in [6.45, 7) is 3.28. The van der Waals surface area contributed by atoms with E-state index in [2.05, 4.69) is 10.0 Å². The fourth-order valence-electron chi connectivity index (χ4n) is 1.45. The molecule has 1 unspecified atom stereocenters. The zero-order valence-electron chi connectivity index (χ0n) is 8.68. The summed E-state index contributed by atoms with van der Waals surface area (Å²) in [6.07, 6.45) is 0. The molecule has 0 saturated carbocycles. The van der Waals surface area contributed by atoms with Gasteiger partial charge in [-0.2, -0.15) is 0 Å². The van der Waals surface area contributed by atoms with Crippen molar-refractivity contribution >= 4 is 0 Å². The van der Waals surface area contributed by atoms with E-state index >= 15 is 0 Å². The van der Waals surface area contributed by atoms with E-state index in [4.69, 9.17) is 10.6 Å². The first kappa shape index (κ1) is 11.4. The number of aliphatic hydroxyl groups excluding tert-OH is 1. The molecule has 0 saturated heterocycles. The Labute approximate surface area is 87.6 Å². The maximum absolute atomic E-state index is 9.55. The van der Waals surface area contributed by atoms with Crippen LogP contribution in [0.4, 0.5) is 0 Å². The van der Waals surface area contributed by atoms with Crippen LogP contribution in [0.5, 0.6) is 5.75 Å². The number of phenols is 1. The summed E-state index contributed by atoms with van der Waals surface area (Å²) >= 11 is 0. The average molecular weight is 207 g/mol. The van der Waals surface area contributed by atoms with E-state index < -0.39 is 6.04 Å². The molecule has 0 spiro atoms. The van der Waals surface area contributed by atoms with Crippen molar-refractivity contribution in [1.82, 2.24) is 0 Å². The standard InChI is InChI=1S/C10H13N3O2/c1-6-3-8(4-7(2)10(6)15)9(5-14)12-13-11/h3-4,9,14-15H,5H2,1-2H3. The number of hydrogen-bond donors (Lipinski definition) is 2. The van der Waals surface area contributed by atoms with E-state index in [9.17, 15) is 5.11 Å². The second-order valence-electron chi connectivity index (χ2n) is 3.41. The van der Waals surface area contributed by atoms with Crippen molar-refractivity contribution in [2.45, 2.75) is 19.9 Å². The molecule has 0 fully saturated rings. The van der Waals surface area contributed by atoms with E-state index in [1.54, 1.807) is 26.0 Å². The topological polar surface area (TPSA) is 89.2 Å². The average Bonchev–Trinajstić information content (AvgIpc) is 2.22. The van der Waals surface area contributed by atoms with Crippen molar-refractivity contribution in [2.24, 2.45) is 5.11 Å². The molecule has 80 valence electrons. The lowest BCUT2D eigenvalue weighted by atomic mass is 10.0. The van der Waals surface area contributed by atoms with E-state index in [0.29, 0.717) is 16.7 Å². The van der Waals surface area contributed by atoms with Gasteiger partial charge in [-0.15, -0.1) is 0 Å². The van der Waals surface area contributed by atoms with Crippen LogP contribution in [-0.2, 0) is 0 Å². The Kier molecular flexibility index (Phi) is 3.55. The fourth-order valence-corrected chi connectivity index (χ4v) is 1.45. The molecule has 2 N–H and O–H groups in total. The van der Waals surface area contributed by atoms with Crippen molar-refractivity contribution in [3.63, 3.8) is 0 Å². The predicted molar refractivity (Wildman–Crippen MR) is 56.6 cm³/mol. The van der Waals surface area contributed by atoms with Gasteiger partial charge in [0.15, 0.2) is 0 Å². The number of nitrogens with zero attached hydrogens (tertiary/aromatic N) is 3. The van der Waals surface area contributed by atoms with Crippen LogP contribution in [0.2, 0.25) is 0 Å². The van der Waals surface area contributed by atoms with Crippen molar-refractivity contribution in [1.29, 1.82) is 0 Å². The van der Waals surface area contributed by atoms with Crippen molar-refractivity contribution in [3.8, 4) is 5.75 Å². The Morgan fingerprint density at radius 3 is 2.33 bits per heavy atom. The van der Waals surface area contributed by atoms with Gasteiger partial charge in [-0.25, -0.2) is 0 Å². The molecular weight excluding hydrogens is 194 g/mol. The van der Waals surface area contributed by atoms with Crippen LogP contribution in [0.25, 0.3) is 10.4 Å². The van der Waals surface area contributed by atoms with Gasteiger partial charge in [-0.05, 0) is 36.1 Å². The smallest absolute Gasteiger partial charge is 0.121 e. The van der Waals surface area contributed by atoms with Crippen molar-refractivity contribution < 1.29 is 10.2 Å². The van der Waals surface area contributed by atoms with Gasteiger partial charge in [-0.3, -0.25) is 0 Å². The highest BCUT2D eigenvalue weighted by atomic mass is 16.3. The Hall–Kier alpha value is -1.71. The monoisotopic (exact) mass is 207 g/mol. The molecule has 5 heteroatoms. The zero-order valence-corrected chi connectivity index (χ0v) is 8.68. The highest BCUT2D eigenvalue weighted by Gasteiger charge is 2.11. The first-order valence-corrected chi connectivity index (χ1v) is 4.55. The highest BCUT2D eigenvalue weighted by molar-refractivity contribution is 5.43. The number of azide groups is 1. The molecule has 0 radical (unpaired) electrons. The minimum Gasteiger partial charge on any atom is -0.507 e. The second-order valence-corrected chi connectivity index (χ2v) is 3.41. The Morgan fingerprint density at radius 2 is 1.93 bits per heavy atom. The van der Waals surface area contributed by atoms with Gasteiger partial charge < -0.3 is 10.2 Å². The third-order valence-electron chi connectivity index (χ3n) is 2.26. The normalized spacial score (nSPS) is 11.9. The van der Waals surface area contributed by atoms with Crippen LogP contribution in [-0.4, -0.2) is 16.8 Å². The number of aromatic hydroxyl groups is 1. The van der Waals surface area contributed by atoms with Gasteiger partial charge in [0.05, 0.1) is 12.6 Å². The summed E-state index contributed by atoms with van der Waals surface area (Å²) < 4.78 is 0. The van der Waals surface area contributed by atoms with E-state index in [1.165, 1.54) is 0 Å². The van der Waals surface area contributed by atoms with E-state index in [1.807, 2.05) is 0 Å². The van der Waals surface area contributed by atoms with Gasteiger partial charge in [0.25, 0.3) is 0 Å². The van der Waals surface area contributed by atoms with Gasteiger partial charge in [0, 0.05) is 4.91 Å². The molecule has 15 heavy (non-hydrogen) atoms. The third-order valence-corrected chi connectivity index (χ3v) is 2.26. The Bertz CT molecular complexity index is 388. The summed E-state index contributed by atoms with van der Waals surface area (Å²) in [5.74, 6) is 0.233. The fraction of sp³-hybridized carbons (Fsp3) is 0.400. The molecule has 0 aliphatic heterocycles. The van der Waals surface area contributed by atoms with Gasteiger partial charge in [-0.1, -0.05) is 17.2 Å². The Balaban J connectivity index is 3.19. The molecule has 0 aromatic heterocycles. The lowest BCUT2D eigenvalue weighted by molar-refractivity contribution is 0.268. The number of aryl methyl sites for hydroxylation is 2. The predicted octanol–water partition coefficient (Wildman–Crippen LogP) is 2.35.